The number of benzene rings is 2. The van der Waals surface area contributed by atoms with E-state index in [1.54, 1.807) is 30.3 Å². The Bertz CT molecular complexity index is 1290. The van der Waals surface area contributed by atoms with E-state index in [2.05, 4.69) is 25.8 Å². The minimum Gasteiger partial charge on any atom is -0.491 e. The van der Waals surface area contributed by atoms with Crippen LogP contribution in [0.4, 0.5) is 0 Å². The first kappa shape index (κ1) is 28.1. The van der Waals surface area contributed by atoms with Crippen LogP contribution in [0.3, 0.4) is 0 Å². The van der Waals surface area contributed by atoms with E-state index >= 15 is 0 Å². The van der Waals surface area contributed by atoms with Gasteiger partial charge >= 0.3 is 0 Å². The molecule has 0 bridgehead atoms. The van der Waals surface area contributed by atoms with Crippen LogP contribution >= 0.6 is 0 Å². The lowest BCUT2D eigenvalue weighted by molar-refractivity contribution is 0.143. The molecule has 1 heterocycles. The monoisotopic (exact) mass is 531 g/mol. The minimum absolute atomic E-state index is 0.0332. The molecule has 0 aliphatic carbocycles. The Morgan fingerprint density at radius 2 is 1.92 bits per heavy atom. The zero-order valence-corrected chi connectivity index (χ0v) is 22.3. The summed E-state index contributed by atoms with van der Waals surface area (Å²) in [7, 11) is -4.44. The molecule has 0 radical (unpaired) electrons. The number of hydrogen-bond donors (Lipinski definition) is 2. The summed E-state index contributed by atoms with van der Waals surface area (Å²) in [5, 5.41) is 18.4. The molecule has 11 nitrogen and oxygen atoms in total. The van der Waals surface area contributed by atoms with Crippen molar-refractivity contribution >= 4 is 15.8 Å². The van der Waals surface area contributed by atoms with E-state index in [9.17, 15) is 13.0 Å². The Hall–Kier alpha value is -3.51. The second-order valence-electron chi connectivity index (χ2n) is 8.62. The van der Waals surface area contributed by atoms with E-state index in [4.69, 9.17) is 14.3 Å². The Balaban J connectivity index is 2.00. The quantitative estimate of drug-likeness (QED) is 0.133. The third-order valence-electron chi connectivity index (χ3n) is 5.20. The molecule has 200 valence electrons. The number of nitrogens with zero attached hydrogens (tertiary/aromatic N) is 4. The minimum atomic E-state index is -4.44. The Morgan fingerprint density at radius 3 is 2.57 bits per heavy atom. The van der Waals surface area contributed by atoms with Gasteiger partial charge in [0.1, 0.15) is 30.4 Å². The fourth-order valence-electron chi connectivity index (χ4n) is 3.62. The molecule has 0 aliphatic heterocycles. The van der Waals surface area contributed by atoms with Crippen molar-refractivity contribution in [1.29, 1.82) is 0 Å². The molecule has 2 aromatic carbocycles. The molecule has 37 heavy (non-hydrogen) atoms. The van der Waals surface area contributed by atoms with Crippen molar-refractivity contribution in [3.05, 3.63) is 47.5 Å². The molecular formula is C25H33N5O6S. The number of ether oxygens (including phenoxy) is 2. The van der Waals surface area contributed by atoms with Crippen LogP contribution in [-0.2, 0) is 21.4 Å². The second kappa shape index (κ2) is 13.2. The number of unbranched alkanes of at least 4 members (excludes halogenated alkanes) is 1. The van der Waals surface area contributed by atoms with E-state index in [0.29, 0.717) is 52.8 Å². The Morgan fingerprint density at radius 1 is 1.14 bits per heavy atom. The topological polar surface area (TPSA) is 149 Å². The number of rotatable bonds is 14. The molecule has 0 fully saturated rings. The SMILES string of the molecule is CCCCc1c(/C(COc2cc(OC(C)C)cc(-c3nn[nH]n3)c2)=N/OCCC)cccc1S(=O)(=O)O. The molecule has 3 aromatic rings. The summed E-state index contributed by atoms with van der Waals surface area (Å²) in [4.78, 5) is 5.33. The lowest BCUT2D eigenvalue weighted by Gasteiger charge is -2.17. The molecule has 3 rings (SSSR count). The number of oxime groups is 1. The fourth-order valence-corrected chi connectivity index (χ4v) is 4.39. The van der Waals surface area contributed by atoms with Crippen molar-refractivity contribution in [2.75, 3.05) is 13.2 Å². The van der Waals surface area contributed by atoms with Crippen LogP contribution in [0, 0.1) is 0 Å². The molecule has 0 spiro atoms. The third-order valence-corrected chi connectivity index (χ3v) is 6.14. The van der Waals surface area contributed by atoms with Gasteiger partial charge in [0.15, 0.2) is 0 Å². The summed E-state index contributed by atoms with van der Waals surface area (Å²) < 4.78 is 46.1. The molecule has 1 aromatic heterocycles. The van der Waals surface area contributed by atoms with Crippen molar-refractivity contribution < 1.29 is 27.3 Å². The maximum atomic E-state index is 12.1. The predicted octanol–water partition coefficient (Wildman–Crippen LogP) is 4.45. The number of nitrogens with one attached hydrogen (secondary N) is 1. The van der Waals surface area contributed by atoms with Gasteiger partial charge in [0.2, 0.25) is 5.82 Å². The highest BCUT2D eigenvalue weighted by atomic mass is 32.2. The maximum absolute atomic E-state index is 12.1. The van der Waals surface area contributed by atoms with Crippen LogP contribution in [-0.4, -0.2) is 58.6 Å². The van der Waals surface area contributed by atoms with Crippen LogP contribution in [0.5, 0.6) is 11.5 Å². The van der Waals surface area contributed by atoms with Crippen molar-refractivity contribution in [3.8, 4) is 22.9 Å². The van der Waals surface area contributed by atoms with Crippen molar-refractivity contribution in [3.63, 3.8) is 0 Å². The van der Waals surface area contributed by atoms with Gasteiger partial charge in [-0.25, -0.2) is 0 Å². The molecule has 0 saturated heterocycles. The molecule has 2 N–H and O–H groups in total. The second-order valence-corrected chi connectivity index (χ2v) is 10.0. The first-order chi connectivity index (χ1) is 17.7. The maximum Gasteiger partial charge on any atom is 0.294 e. The smallest absolute Gasteiger partial charge is 0.294 e. The van der Waals surface area contributed by atoms with Crippen LogP contribution in [0.25, 0.3) is 11.4 Å². The lowest BCUT2D eigenvalue weighted by Crippen LogP contribution is -2.18. The standard InChI is InChI=1S/C25H33N5O6S/c1-5-7-9-22-21(10-8-11-24(22)37(31,32)33)23(28-35-12-6-2)16-34-19-13-18(25-26-29-30-27-25)14-20(15-19)36-17(3)4/h8,10-11,13-15,17H,5-7,9,12,16H2,1-4H3,(H,31,32,33)(H,26,27,29,30)/b28-23+. The van der Waals surface area contributed by atoms with Crippen LogP contribution < -0.4 is 9.47 Å². The van der Waals surface area contributed by atoms with Gasteiger partial charge in [0, 0.05) is 17.2 Å². The lowest BCUT2D eigenvalue weighted by atomic mass is 9.98. The number of hydrogen-bond acceptors (Lipinski definition) is 9. The fraction of sp³-hybridized carbons (Fsp3) is 0.440. The van der Waals surface area contributed by atoms with Crippen LogP contribution in [0.1, 0.15) is 58.1 Å². The first-order valence-electron chi connectivity index (χ1n) is 12.2. The van der Waals surface area contributed by atoms with Crippen LogP contribution in [0.2, 0.25) is 0 Å². The summed E-state index contributed by atoms with van der Waals surface area (Å²) in [6.45, 7) is 8.14. The molecule has 0 atom stereocenters. The van der Waals surface area contributed by atoms with E-state index in [0.717, 1.165) is 19.3 Å². The molecule has 0 saturated carbocycles. The average Bonchev–Trinajstić information content (AvgIpc) is 3.39. The van der Waals surface area contributed by atoms with E-state index < -0.39 is 10.1 Å². The van der Waals surface area contributed by atoms with E-state index in [1.165, 1.54) is 6.07 Å². The summed E-state index contributed by atoms with van der Waals surface area (Å²) >= 11 is 0. The van der Waals surface area contributed by atoms with Crippen molar-refractivity contribution in [2.45, 2.75) is 64.4 Å². The summed E-state index contributed by atoms with van der Waals surface area (Å²) in [5.41, 5.74) is 2.03. The zero-order chi connectivity index (χ0) is 26.8. The van der Waals surface area contributed by atoms with Gasteiger partial charge in [-0.1, -0.05) is 37.6 Å². The van der Waals surface area contributed by atoms with E-state index in [-0.39, 0.29) is 17.6 Å². The van der Waals surface area contributed by atoms with Gasteiger partial charge in [0.05, 0.1) is 11.0 Å². The molecule has 0 unspecified atom stereocenters. The number of aromatic amines is 1. The predicted molar refractivity (Wildman–Crippen MR) is 139 cm³/mol. The van der Waals surface area contributed by atoms with Gasteiger partial charge in [-0.15, -0.1) is 10.2 Å². The van der Waals surface area contributed by atoms with E-state index in [1.807, 2.05) is 27.7 Å². The molecular weight excluding hydrogens is 498 g/mol. The van der Waals surface area contributed by atoms with Crippen molar-refractivity contribution in [1.82, 2.24) is 20.6 Å². The molecule has 0 aliphatic rings. The normalized spacial score (nSPS) is 12.1. The van der Waals surface area contributed by atoms with Gasteiger partial charge < -0.3 is 14.3 Å². The van der Waals surface area contributed by atoms with Gasteiger partial charge in [-0.05, 0) is 62.1 Å². The van der Waals surface area contributed by atoms with Gasteiger partial charge in [-0.3, -0.25) is 4.55 Å². The zero-order valence-electron chi connectivity index (χ0n) is 21.5. The highest BCUT2D eigenvalue weighted by Gasteiger charge is 2.21. The number of H-pyrrole nitrogens is 1. The first-order valence-corrected chi connectivity index (χ1v) is 13.6. The Kier molecular flexibility index (Phi) is 9.98. The number of aromatic nitrogens is 4. The highest BCUT2D eigenvalue weighted by Crippen LogP contribution is 2.29. The van der Waals surface area contributed by atoms with Gasteiger partial charge in [0.25, 0.3) is 10.1 Å². The highest BCUT2D eigenvalue weighted by molar-refractivity contribution is 7.85. The Labute approximate surface area is 217 Å². The van der Waals surface area contributed by atoms with Crippen LogP contribution in [0.15, 0.2) is 46.4 Å². The third kappa shape index (κ3) is 7.99. The van der Waals surface area contributed by atoms with Gasteiger partial charge in [-0.2, -0.15) is 13.6 Å². The van der Waals surface area contributed by atoms with Crippen molar-refractivity contribution in [2.24, 2.45) is 5.16 Å². The molecule has 0 amide bonds. The summed E-state index contributed by atoms with van der Waals surface area (Å²) in [6, 6.07) is 9.97. The average molecular weight is 532 g/mol. The summed E-state index contributed by atoms with van der Waals surface area (Å²) in [5.74, 6) is 1.40. The summed E-state index contributed by atoms with van der Waals surface area (Å²) in [6.07, 6.45) is 2.68. The number of tetrazole rings is 1. The molecule has 12 heteroatoms. The largest absolute Gasteiger partial charge is 0.491 e.